The van der Waals surface area contributed by atoms with E-state index in [-0.39, 0.29) is 23.7 Å². The highest BCUT2D eigenvalue weighted by Crippen LogP contribution is 2.24. The summed E-state index contributed by atoms with van der Waals surface area (Å²) in [6.07, 6.45) is 1.72. The molecule has 2 amide bonds. The molecule has 0 aliphatic rings. The van der Waals surface area contributed by atoms with Gasteiger partial charge in [-0.3, -0.25) is 14.6 Å². The number of carbonyl (C=O) groups excluding carboxylic acids is 2. The van der Waals surface area contributed by atoms with Crippen molar-refractivity contribution in [3.05, 3.63) is 40.3 Å². The molecule has 0 fully saturated rings. The van der Waals surface area contributed by atoms with Crippen molar-refractivity contribution in [1.82, 2.24) is 15.5 Å². The van der Waals surface area contributed by atoms with Crippen LogP contribution in [0.2, 0.25) is 0 Å². The topological polar surface area (TPSA) is 97.1 Å². The number of hydrogen-bond donors (Lipinski definition) is 2. The number of aromatic nitrogens is 2. The first-order valence-corrected chi connectivity index (χ1v) is 8.62. The van der Waals surface area contributed by atoms with Gasteiger partial charge in [-0.15, -0.1) is 0 Å². The number of amides is 2. The highest BCUT2D eigenvalue weighted by Gasteiger charge is 2.22. The van der Waals surface area contributed by atoms with Crippen LogP contribution in [0, 0.1) is 0 Å². The summed E-state index contributed by atoms with van der Waals surface area (Å²) in [7, 11) is 0. The minimum absolute atomic E-state index is 0.100. The van der Waals surface area contributed by atoms with E-state index in [0.29, 0.717) is 17.3 Å². The van der Waals surface area contributed by atoms with Gasteiger partial charge in [-0.05, 0) is 35.0 Å². The Morgan fingerprint density at radius 2 is 2.04 bits per heavy atom. The summed E-state index contributed by atoms with van der Waals surface area (Å²) in [5, 5.41) is 9.10. The molecule has 0 aromatic carbocycles. The average Bonchev–Trinajstić information content (AvgIpc) is 2.98. The van der Waals surface area contributed by atoms with E-state index < -0.39 is 6.04 Å². The second-order valence-electron chi connectivity index (χ2n) is 6.75. The number of anilines is 1. The van der Waals surface area contributed by atoms with E-state index in [1.807, 2.05) is 26.8 Å². The van der Waals surface area contributed by atoms with Gasteiger partial charge in [0.05, 0.1) is 6.42 Å². The molecule has 8 heteroatoms. The van der Waals surface area contributed by atoms with Gasteiger partial charge in [0.25, 0.3) is 0 Å². The molecule has 7 nitrogen and oxygen atoms in total. The average molecular weight is 409 g/mol. The van der Waals surface area contributed by atoms with E-state index in [2.05, 4.69) is 36.7 Å². The lowest BCUT2D eigenvalue weighted by molar-refractivity contribution is -0.125. The van der Waals surface area contributed by atoms with Crippen molar-refractivity contribution in [3.63, 3.8) is 0 Å². The zero-order valence-electron chi connectivity index (χ0n) is 14.6. The monoisotopic (exact) mass is 408 g/mol. The summed E-state index contributed by atoms with van der Waals surface area (Å²) < 4.78 is 6.05. The lowest BCUT2D eigenvalue weighted by Gasteiger charge is -2.13. The lowest BCUT2D eigenvalue weighted by atomic mass is 9.93. The largest absolute Gasteiger partial charge is 0.359 e. The first-order chi connectivity index (χ1) is 11.6. The van der Waals surface area contributed by atoms with Gasteiger partial charge < -0.3 is 15.2 Å². The summed E-state index contributed by atoms with van der Waals surface area (Å²) in [5.41, 5.74) is 0.424. The quantitative estimate of drug-likeness (QED) is 0.792. The van der Waals surface area contributed by atoms with Crippen molar-refractivity contribution >= 4 is 33.6 Å². The number of halogens is 1. The van der Waals surface area contributed by atoms with Gasteiger partial charge in [-0.1, -0.05) is 25.9 Å². The predicted octanol–water partition coefficient (Wildman–Crippen LogP) is 2.82. The third-order valence-corrected chi connectivity index (χ3v) is 3.87. The Labute approximate surface area is 154 Å². The fourth-order valence-corrected chi connectivity index (χ4v) is 2.19. The maximum atomic E-state index is 12.2. The lowest BCUT2D eigenvalue weighted by Crippen LogP contribution is -2.42. The molecule has 0 radical (unpaired) electrons. The second kappa shape index (κ2) is 7.77. The zero-order valence-corrected chi connectivity index (χ0v) is 16.2. The fourth-order valence-electron chi connectivity index (χ4n) is 1.96. The Morgan fingerprint density at radius 1 is 1.32 bits per heavy atom. The predicted molar refractivity (Wildman–Crippen MR) is 97.1 cm³/mol. The van der Waals surface area contributed by atoms with Crippen molar-refractivity contribution in [1.29, 1.82) is 0 Å². The molecule has 0 aliphatic heterocycles. The molecule has 134 valence electrons. The number of hydrogen-bond acceptors (Lipinski definition) is 5. The summed E-state index contributed by atoms with van der Waals surface area (Å²) in [5.74, 6) is 0.338. The van der Waals surface area contributed by atoms with Crippen molar-refractivity contribution in [2.24, 2.45) is 0 Å². The van der Waals surface area contributed by atoms with Crippen molar-refractivity contribution in [3.8, 4) is 0 Å². The van der Waals surface area contributed by atoms with Gasteiger partial charge in [-0.25, -0.2) is 0 Å². The maximum absolute atomic E-state index is 12.2. The summed E-state index contributed by atoms with van der Waals surface area (Å²) >= 11 is 3.29. The minimum Gasteiger partial charge on any atom is -0.359 e. The van der Waals surface area contributed by atoms with Crippen LogP contribution in [0.15, 0.2) is 33.4 Å². The van der Waals surface area contributed by atoms with Crippen molar-refractivity contribution < 1.29 is 14.1 Å². The maximum Gasteiger partial charge on any atom is 0.247 e. The molecule has 2 aromatic heterocycles. The van der Waals surface area contributed by atoms with Gasteiger partial charge >= 0.3 is 0 Å². The molecule has 0 aliphatic carbocycles. The van der Waals surface area contributed by atoms with Crippen molar-refractivity contribution in [2.75, 3.05) is 5.32 Å². The highest BCUT2D eigenvalue weighted by molar-refractivity contribution is 9.10. The van der Waals surface area contributed by atoms with Crippen LogP contribution in [-0.2, 0) is 21.4 Å². The number of nitrogens with one attached hydrogen (secondary N) is 2. The molecular weight excluding hydrogens is 388 g/mol. The summed E-state index contributed by atoms with van der Waals surface area (Å²) in [4.78, 5) is 28.3. The van der Waals surface area contributed by atoms with E-state index >= 15 is 0 Å². The zero-order chi connectivity index (χ0) is 18.6. The fraction of sp³-hybridized carbons (Fsp3) is 0.412. The minimum atomic E-state index is -0.710. The van der Waals surface area contributed by atoms with Gasteiger partial charge in [0.2, 0.25) is 11.8 Å². The standard InChI is InChI=1S/C17H21BrN4O3/c1-10(20-15(23)7-12-6-5-11(18)9-19-12)16(24)21-14-8-13(25-22-14)17(2,3)4/h5-6,8-10H,7H2,1-4H3,(H,20,23)(H,21,22,24). The number of carbonyl (C=O) groups is 2. The van der Waals surface area contributed by atoms with Crippen LogP contribution >= 0.6 is 15.9 Å². The summed E-state index contributed by atoms with van der Waals surface area (Å²) in [6.45, 7) is 7.56. The molecular formula is C17H21BrN4O3. The third-order valence-electron chi connectivity index (χ3n) is 3.40. The Morgan fingerprint density at radius 3 is 2.60 bits per heavy atom. The summed E-state index contributed by atoms with van der Waals surface area (Å²) in [6, 6.07) is 4.52. The molecule has 0 saturated heterocycles. The van der Waals surface area contributed by atoms with E-state index in [9.17, 15) is 9.59 Å². The molecule has 1 atom stereocenters. The van der Waals surface area contributed by atoms with Gasteiger partial charge in [-0.2, -0.15) is 0 Å². The van der Waals surface area contributed by atoms with E-state index in [1.54, 1.807) is 25.3 Å². The van der Waals surface area contributed by atoms with Crippen molar-refractivity contribution in [2.45, 2.75) is 45.6 Å². The van der Waals surface area contributed by atoms with Gasteiger partial charge in [0.15, 0.2) is 5.82 Å². The Kier molecular flexibility index (Phi) is 5.94. The van der Waals surface area contributed by atoms with Crippen LogP contribution < -0.4 is 10.6 Å². The molecule has 2 heterocycles. The second-order valence-corrected chi connectivity index (χ2v) is 7.67. The van der Waals surface area contributed by atoms with Crippen LogP contribution in [0.25, 0.3) is 0 Å². The molecule has 0 bridgehead atoms. The van der Waals surface area contributed by atoms with Crippen LogP contribution in [-0.4, -0.2) is 28.0 Å². The smallest absolute Gasteiger partial charge is 0.247 e. The molecule has 2 aromatic rings. The molecule has 2 N–H and O–H groups in total. The normalized spacial score (nSPS) is 12.5. The third kappa shape index (κ3) is 5.67. The number of nitrogens with zero attached hydrogens (tertiary/aromatic N) is 2. The van der Waals surface area contributed by atoms with Crippen LogP contribution in [0.5, 0.6) is 0 Å². The number of pyridine rings is 1. The van der Waals surface area contributed by atoms with Crippen LogP contribution in [0.1, 0.15) is 39.1 Å². The Hall–Kier alpha value is -2.22. The molecule has 25 heavy (non-hydrogen) atoms. The first-order valence-electron chi connectivity index (χ1n) is 7.83. The van der Waals surface area contributed by atoms with E-state index in [0.717, 1.165) is 4.47 Å². The van der Waals surface area contributed by atoms with Crippen LogP contribution in [0.3, 0.4) is 0 Å². The van der Waals surface area contributed by atoms with Gasteiger partial charge in [0.1, 0.15) is 11.8 Å². The number of rotatable bonds is 5. The Bertz CT molecular complexity index is 750. The molecule has 0 saturated carbocycles. The highest BCUT2D eigenvalue weighted by atomic mass is 79.9. The Balaban J connectivity index is 1.88. The molecule has 1 unspecified atom stereocenters. The first kappa shape index (κ1) is 19.1. The van der Waals surface area contributed by atoms with Gasteiger partial charge in [0, 0.05) is 27.8 Å². The van der Waals surface area contributed by atoms with E-state index in [1.165, 1.54) is 0 Å². The van der Waals surface area contributed by atoms with E-state index in [4.69, 9.17) is 4.52 Å². The molecule has 0 spiro atoms. The molecule has 2 rings (SSSR count). The van der Waals surface area contributed by atoms with Crippen LogP contribution in [0.4, 0.5) is 5.82 Å². The SMILES string of the molecule is CC(NC(=O)Cc1ccc(Br)cn1)C(=O)Nc1cc(C(C)(C)C)on1.